The summed E-state index contributed by atoms with van der Waals surface area (Å²) in [5, 5.41) is 7.58. The van der Waals surface area contributed by atoms with Gasteiger partial charge in [0.15, 0.2) is 0 Å². The van der Waals surface area contributed by atoms with Crippen LogP contribution in [0.4, 0.5) is 0 Å². The molecule has 17 heavy (non-hydrogen) atoms. The highest BCUT2D eigenvalue weighted by Gasteiger charge is 2.15. The summed E-state index contributed by atoms with van der Waals surface area (Å²) in [5.74, 6) is 0. The molecule has 5 heteroatoms. The first kappa shape index (κ1) is 12.3. The summed E-state index contributed by atoms with van der Waals surface area (Å²) in [6.07, 6.45) is 3.55. The molecule has 0 aliphatic heterocycles. The molecule has 1 unspecified atom stereocenters. The molecule has 2 heterocycles. The fraction of sp³-hybridized carbons (Fsp3) is 0.500. The third-order valence-corrected chi connectivity index (χ3v) is 3.58. The first-order chi connectivity index (χ1) is 8.24. The number of nitrogens with zero attached hydrogens (tertiary/aromatic N) is 3. The average molecular weight is 250 g/mol. The van der Waals surface area contributed by atoms with Crippen molar-refractivity contribution in [3.63, 3.8) is 0 Å². The van der Waals surface area contributed by atoms with Crippen LogP contribution < -0.4 is 5.73 Å². The maximum absolute atomic E-state index is 6.24. The molecule has 2 aromatic heterocycles. The zero-order valence-corrected chi connectivity index (χ0v) is 11.1. The summed E-state index contributed by atoms with van der Waals surface area (Å²) in [6, 6.07) is 2.09. The molecular formula is C12H18N4S. The minimum atomic E-state index is -0.0195. The van der Waals surface area contributed by atoms with E-state index in [-0.39, 0.29) is 6.04 Å². The molecule has 0 amide bonds. The number of aromatic nitrogens is 3. The van der Waals surface area contributed by atoms with Crippen molar-refractivity contribution in [2.75, 3.05) is 0 Å². The molecule has 0 saturated carbocycles. The molecule has 0 aromatic carbocycles. The van der Waals surface area contributed by atoms with Gasteiger partial charge in [-0.1, -0.05) is 6.92 Å². The second-order valence-electron chi connectivity index (χ2n) is 3.97. The van der Waals surface area contributed by atoms with E-state index in [1.807, 2.05) is 16.3 Å². The van der Waals surface area contributed by atoms with Crippen LogP contribution in [0.5, 0.6) is 0 Å². The van der Waals surface area contributed by atoms with E-state index in [2.05, 4.69) is 30.0 Å². The highest BCUT2D eigenvalue weighted by atomic mass is 32.1. The van der Waals surface area contributed by atoms with E-state index < -0.39 is 0 Å². The lowest BCUT2D eigenvalue weighted by Gasteiger charge is -2.11. The molecule has 0 radical (unpaired) electrons. The summed E-state index contributed by atoms with van der Waals surface area (Å²) in [6.45, 7) is 5.06. The van der Waals surface area contributed by atoms with Crippen molar-refractivity contribution < 1.29 is 0 Å². The van der Waals surface area contributed by atoms with Crippen LogP contribution in [0.25, 0.3) is 0 Å². The molecule has 0 aliphatic rings. The van der Waals surface area contributed by atoms with E-state index >= 15 is 0 Å². The third kappa shape index (κ3) is 2.73. The predicted octanol–water partition coefficient (Wildman–Crippen LogP) is 2.16. The Hall–Kier alpha value is -1.20. The van der Waals surface area contributed by atoms with Gasteiger partial charge in [-0.2, -0.15) is 5.10 Å². The average Bonchev–Trinajstić information content (AvgIpc) is 2.96. The molecule has 1 atom stereocenters. The van der Waals surface area contributed by atoms with Crippen molar-refractivity contribution in [3.8, 4) is 0 Å². The normalized spacial score (nSPS) is 12.9. The fourth-order valence-corrected chi connectivity index (χ4v) is 2.53. The van der Waals surface area contributed by atoms with E-state index in [0.717, 1.165) is 35.8 Å². The van der Waals surface area contributed by atoms with Gasteiger partial charge < -0.3 is 5.73 Å². The second-order valence-corrected chi connectivity index (χ2v) is 4.95. The maximum Gasteiger partial charge on any atom is 0.0944 e. The van der Waals surface area contributed by atoms with Crippen LogP contribution in [-0.2, 0) is 19.4 Å². The van der Waals surface area contributed by atoms with Crippen LogP contribution in [-0.4, -0.2) is 14.8 Å². The Balaban J connectivity index is 2.17. The first-order valence-corrected chi connectivity index (χ1v) is 6.83. The molecule has 4 nitrogen and oxygen atoms in total. The lowest BCUT2D eigenvalue weighted by atomic mass is 10.1. The van der Waals surface area contributed by atoms with Crippen LogP contribution in [0, 0.1) is 0 Å². The Morgan fingerprint density at radius 2 is 2.29 bits per heavy atom. The molecule has 0 aliphatic carbocycles. The molecule has 2 aromatic rings. The zero-order valence-electron chi connectivity index (χ0n) is 10.3. The van der Waals surface area contributed by atoms with E-state index in [9.17, 15) is 0 Å². The van der Waals surface area contributed by atoms with Crippen LogP contribution in [0.15, 0.2) is 17.6 Å². The maximum atomic E-state index is 6.24. The minimum absolute atomic E-state index is 0.0195. The van der Waals surface area contributed by atoms with E-state index in [0.29, 0.717) is 0 Å². The van der Waals surface area contributed by atoms with Gasteiger partial charge in [-0.15, -0.1) is 11.3 Å². The van der Waals surface area contributed by atoms with Gasteiger partial charge in [0.05, 0.1) is 22.4 Å². The van der Waals surface area contributed by atoms with Crippen LogP contribution in [0.2, 0.25) is 0 Å². The number of nitrogens with two attached hydrogens (primary N) is 1. The van der Waals surface area contributed by atoms with Crippen LogP contribution in [0.3, 0.4) is 0 Å². The largest absolute Gasteiger partial charge is 0.322 e. The van der Waals surface area contributed by atoms with E-state index in [1.54, 1.807) is 11.3 Å². The van der Waals surface area contributed by atoms with Gasteiger partial charge in [-0.3, -0.25) is 4.68 Å². The van der Waals surface area contributed by atoms with Gasteiger partial charge in [-0.05, 0) is 19.4 Å². The van der Waals surface area contributed by atoms with Crippen molar-refractivity contribution in [1.29, 1.82) is 0 Å². The third-order valence-electron chi connectivity index (χ3n) is 2.78. The Bertz CT molecular complexity index is 461. The van der Waals surface area contributed by atoms with Gasteiger partial charge in [0.2, 0.25) is 0 Å². The van der Waals surface area contributed by atoms with Gasteiger partial charge in [-0.25, -0.2) is 4.98 Å². The van der Waals surface area contributed by atoms with Crippen molar-refractivity contribution in [1.82, 2.24) is 14.8 Å². The number of hydrogen-bond donors (Lipinski definition) is 1. The molecule has 0 bridgehead atoms. The topological polar surface area (TPSA) is 56.7 Å². The Labute approximate surface area is 105 Å². The van der Waals surface area contributed by atoms with Crippen molar-refractivity contribution in [2.24, 2.45) is 5.73 Å². The highest BCUT2D eigenvalue weighted by Crippen LogP contribution is 2.19. The lowest BCUT2D eigenvalue weighted by molar-refractivity contribution is 0.564. The second kappa shape index (κ2) is 5.42. The Kier molecular flexibility index (Phi) is 3.91. The highest BCUT2D eigenvalue weighted by molar-refractivity contribution is 7.09. The predicted molar refractivity (Wildman–Crippen MR) is 70.0 cm³/mol. The van der Waals surface area contributed by atoms with Crippen molar-refractivity contribution in [2.45, 2.75) is 39.3 Å². The zero-order chi connectivity index (χ0) is 12.3. The van der Waals surface area contributed by atoms with E-state index in [1.165, 1.54) is 0 Å². The smallest absolute Gasteiger partial charge is 0.0944 e. The summed E-state index contributed by atoms with van der Waals surface area (Å²) in [4.78, 5) is 4.27. The number of rotatable bonds is 5. The standard InChI is InChI=1S/C12H18N4S/c1-3-9-7-11(16(4-2)15-9)10(13)8-12-14-5-6-17-12/h5-7,10H,3-4,8,13H2,1-2H3. The lowest BCUT2D eigenvalue weighted by Crippen LogP contribution is -2.18. The minimum Gasteiger partial charge on any atom is -0.322 e. The van der Waals surface area contributed by atoms with Gasteiger partial charge in [0.1, 0.15) is 0 Å². The summed E-state index contributed by atoms with van der Waals surface area (Å²) in [5.41, 5.74) is 8.45. The Morgan fingerprint density at radius 1 is 1.47 bits per heavy atom. The molecule has 0 spiro atoms. The summed E-state index contributed by atoms with van der Waals surface area (Å²) in [7, 11) is 0. The first-order valence-electron chi connectivity index (χ1n) is 5.95. The summed E-state index contributed by atoms with van der Waals surface area (Å²) < 4.78 is 2.00. The molecular weight excluding hydrogens is 232 g/mol. The van der Waals surface area contributed by atoms with Crippen molar-refractivity contribution >= 4 is 11.3 Å². The molecule has 92 valence electrons. The van der Waals surface area contributed by atoms with E-state index in [4.69, 9.17) is 5.73 Å². The molecule has 0 saturated heterocycles. The number of hydrogen-bond acceptors (Lipinski definition) is 4. The molecule has 2 rings (SSSR count). The number of thiazole rings is 1. The number of aryl methyl sites for hydroxylation is 2. The monoisotopic (exact) mass is 250 g/mol. The quantitative estimate of drug-likeness (QED) is 0.884. The fourth-order valence-electron chi connectivity index (χ4n) is 1.86. The SMILES string of the molecule is CCc1cc(C(N)Cc2nccs2)n(CC)n1. The van der Waals surface area contributed by atoms with Crippen LogP contribution >= 0.6 is 11.3 Å². The molecule has 0 fully saturated rings. The summed E-state index contributed by atoms with van der Waals surface area (Å²) >= 11 is 1.65. The van der Waals surface area contributed by atoms with Crippen LogP contribution in [0.1, 0.15) is 36.3 Å². The van der Waals surface area contributed by atoms with Crippen molar-refractivity contribution in [3.05, 3.63) is 34.0 Å². The van der Waals surface area contributed by atoms with Gasteiger partial charge in [0.25, 0.3) is 0 Å². The molecule has 2 N–H and O–H groups in total. The van der Waals surface area contributed by atoms with Gasteiger partial charge in [0, 0.05) is 24.5 Å². The Morgan fingerprint density at radius 3 is 2.88 bits per heavy atom. The van der Waals surface area contributed by atoms with Gasteiger partial charge >= 0.3 is 0 Å².